The molecule has 11 heteroatoms. The van der Waals surface area contributed by atoms with E-state index in [0.29, 0.717) is 17.1 Å². The van der Waals surface area contributed by atoms with Gasteiger partial charge in [0.2, 0.25) is 0 Å². The number of pyridine rings is 1. The van der Waals surface area contributed by atoms with Gasteiger partial charge in [0.25, 0.3) is 0 Å². The molecule has 0 radical (unpaired) electrons. The third-order valence-corrected chi connectivity index (χ3v) is 7.59. The highest BCUT2D eigenvalue weighted by Gasteiger charge is 2.63. The topological polar surface area (TPSA) is 76.0 Å². The molecule has 5 nitrogen and oxygen atoms in total. The fourth-order valence-corrected chi connectivity index (χ4v) is 5.14. The summed E-state index contributed by atoms with van der Waals surface area (Å²) in [5, 5.41) is 13.1. The summed E-state index contributed by atoms with van der Waals surface area (Å²) >= 11 is 2.87. The summed E-state index contributed by atoms with van der Waals surface area (Å²) in [6.07, 6.45) is -3.67. The molecule has 1 atom stereocenters. The molecule has 32 heavy (non-hydrogen) atoms. The van der Waals surface area contributed by atoms with Gasteiger partial charge in [-0.3, -0.25) is 9.78 Å². The van der Waals surface area contributed by atoms with Gasteiger partial charge in [-0.2, -0.15) is 13.2 Å². The fourth-order valence-electron chi connectivity index (χ4n) is 3.30. The van der Waals surface area contributed by atoms with E-state index in [9.17, 15) is 23.1 Å². The molecule has 1 saturated carbocycles. The minimum Gasteiger partial charge on any atom is -0.386 e. The standard InChI is InChI=1S/C21H20F3N3O2S2.ClH/c1-11-18(31-19(26-11)12(2)28)15-10-30-17(27-15)7-14-4-3-13(9-25-14)16(29)8-20(5-6-20)21(22,23)24;/h3-4,9-10,12,28H,5-8H2,1-2H3;1H. The Bertz CT molecular complexity index is 1110. The van der Waals surface area contributed by atoms with E-state index in [0.717, 1.165) is 21.3 Å². The Labute approximate surface area is 197 Å². The number of aryl methyl sites for hydroxylation is 1. The number of ketones is 1. The molecular formula is C21H21ClF3N3O2S2. The van der Waals surface area contributed by atoms with Crippen LogP contribution < -0.4 is 0 Å². The minimum absolute atomic E-state index is 0. The lowest BCUT2D eigenvalue weighted by atomic mass is 9.95. The van der Waals surface area contributed by atoms with Gasteiger partial charge in [-0.15, -0.1) is 35.1 Å². The highest BCUT2D eigenvalue weighted by molar-refractivity contribution is 7.16. The van der Waals surface area contributed by atoms with E-state index in [1.54, 1.807) is 13.0 Å². The van der Waals surface area contributed by atoms with Crippen molar-refractivity contribution < 1.29 is 23.1 Å². The van der Waals surface area contributed by atoms with Gasteiger partial charge in [0.15, 0.2) is 5.78 Å². The van der Waals surface area contributed by atoms with Crippen LogP contribution in [0.15, 0.2) is 23.7 Å². The van der Waals surface area contributed by atoms with Crippen molar-refractivity contribution in [2.45, 2.75) is 51.8 Å². The molecule has 1 aliphatic carbocycles. The van der Waals surface area contributed by atoms with E-state index >= 15 is 0 Å². The summed E-state index contributed by atoms with van der Waals surface area (Å²) in [5.41, 5.74) is 0.634. The summed E-state index contributed by atoms with van der Waals surface area (Å²) in [7, 11) is 0. The Morgan fingerprint density at radius 1 is 1.28 bits per heavy atom. The van der Waals surface area contributed by atoms with Crippen molar-refractivity contribution in [3.8, 4) is 10.6 Å². The first kappa shape index (κ1) is 24.8. The highest BCUT2D eigenvalue weighted by Crippen LogP contribution is 2.60. The maximum atomic E-state index is 13.1. The van der Waals surface area contributed by atoms with Crippen LogP contribution in [-0.4, -0.2) is 32.0 Å². The van der Waals surface area contributed by atoms with Crippen molar-refractivity contribution in [2.75, 3.05) is 0 Å². The number of nitrogens with zero attached hydrogens (tertiary/aromatic N) is 3. The number of carbonyl (C=O) groups excluding carboxylic acids is 1. The average molecular weight is 504 g/mol. The summed E-state index contributed by atoms with van der Waals surface area (Å²) in [4.78, 5) is 26.4. The third kappa shape index (κ3) is 5.03. The number of rotatable bonds is 7. The third-order valence-electron chi connectivity index (χ3n) is 5.39. The molecule has 0 aliphatic heterocycles. The Hall–Kier alpha value is -1.88. The lowest BCUT2D eigenvalue weighted by Gasteiger charge is -2.18. The zero-order chi connectivity index (χ0) is 22.4. The maximum Gasteiger partial charge on any atom is 0.394 e. The van der Waals surface area contributed by atoms with Crippen LogP contribution in [0.4, 0.5) is 13.2 Å². The van der Waals surface area contributed by atoms with Crippen molar-refractivity contribution in [2.24, 2.45) is 5.41 Å². The molecule has 0 saturated heterocycles. The van der Waals surface area contributed by atoms with Gasteiger partial charge in [0, 0.05) is 35.7 Å². The summed E-state index contributed by atoms with van der Waals surface area (Å²) in [6, 6.07) is 3.19. The largest absolute Gasteiger partial charge is 0.394 e. The van der Waals surface area contributed by atoms with Gasteiger partial charge in [-0.05, 0) is 38.8 Å². The molecule has 1 N–H and O–H groups in total. The second kappa shape index (κ2) is 9.17. The summed E-state index contributed by atoms with van der Waals surface area (Å²) in [5.74, 6) is -0.528. The van der Waals surface area contributed by atoms with E-state index in [4.69, 9.17) is 0 Å². The first-order valence-corrected chi connectivity index (χ1v) is 11.4. The highest BCUT2D eigenvalue weighted by atomic mass is 35.5. The lowest BCUT2D eigenvalue weighted by molar-refractivity contribution is -0.185. The zero-order valence-corrected chi connectivity index (χ0v) is 19.7. The van der Waals surface area contributed by atoms with Crippen LogP contribution in [0.2, 0.25) is 0 Å². The molecule has 1 unspecified atom stereocenters. The Morgan fingerprint density at radius 3 is 2.53 bits per heavy atom. The molecule has 3 aromatic rings. The summed E-state index contributed by atoms with van der Waals surface area (Å²) < 4.78 is 39.2. The zero-order valence-electron chi connectivity index (χ0n) is 17.3. The molecule has 1 fully saturated rings. The van der Waals surface area contributed by atoms with Crippen LogP contribution in [0.3, 0.4) is 0 Å². The normalized spacial score (nSPS) is 15.8. The predicted molar refractivity (Wildman–Crippen MR) is 120 cm³/mol. The number of thiazole rings is 2. The first-order chi connectivity index (χ1) is 14.6. The Morgan fingerprint density at radius 2 is 2.00 bits per heavy atom. The quantitative estimate of drug-likeness (QED) is 0.403. The molecule has 0 bridgehead atoms. The number of hydrogen-bond acceptors (Lipinski definition) is 7. The SMILES string of the molecule is Cc1nc(C(C)O)sc1-c1csc(Cc2ccc(C(=O)CC3(C(F)(F)F)CC3)cn2)n1.Cl. The lowest BCUT2D eigenvalue weighted by Crippen LogP contribution is -2.27. The number of aliphatic hydroxyl groups excluding tert-OH is 1. The number of alkyl halides is 3. The molecule has 3 heterocycles. The van der Waals surface area contributed by atoms with Gasteiger partial charge >= 0.3 is 6.18 Å². The molecule has 4 rings (SSSR count). The predicted octanol–water partition coefficient (Wildman–Crippen LogP) is 5.95. The molecule has 172 valence electrons. The van der Waals surface area contributed by atoms with E-state index in [-0.39, 0.29) is 30.8 Å². The van der Waals surface area contributed by atoms with Crippen molar-refractivity contribution in [3.63, 3.8) is 0 Å². The average Bonchev–Trinajstić information content (AvgIpc) is 3.18. The smallest absolute Gasteiger partial charge is 0.386 e. The molecule has 3 aromatic heterocycles. The molecule has 1 aliphatic rings. The van der Waals surface area contributed by atoms with Crippen molar-refractivity contribution in [1.82, 2.24) is 15.0 Å². The number of halogens is 4. The van der Waals surface area contributed by atoms with E-state index in [2.05, 4.69) is 15.0 Å². The van der Waals surface area contributed by atoms with Crippen molar-refractivity contribution in [1.29, 1.82) is 0 Å². The van der Waals surface area contributed by atoms with Crippen LogP contribution in [0.1, 0.15) is 64.1 Å². The van der Waals surface area contributed by atoms with Gasteiger partial charge in [-0.1, -0.05) is 0 Å². The monoisotopic (exact) mass is 503 g/mol. The van der Waals surface area contributed by atoms with E-state index in [1.165, 1.54) is 34.9 Å². The summed E-state index contributed by atoms with van der Waals surface area (Å²) in [6.45, 7) is 3.54. The fraction of sp³-hybridized carbons (Fsp3) is 0.429. The van der Waals surface area contributed by atoms with Gasteiger partial charge in [-0.25, -0.2) is 9.97 Å². The van der Waals surface area contributed by atoms with Gasteiger partial charge in [0.1, 0.15) is 11.1 Å². The van der Waals surface area contributed by atoms with Crippen LogP contribution in [-0.2, 0) is 6.42 Å². The van der Waals surface area contributed by atoms with E-state index in [1.807, 2.05) is 12.3 Å². The number of hydrogen-bond donors (Lipinski definition) is 1. The second-order valence-electron chi connectivity index (χ2n) is 7.86. The second-order valence-corrected chi connectivity index (χ2v) is 9.84. The van der Waals surface area contributed by atoms with Crippen LogP contribution in [0, 0.1) is 12.3 Å². The van der Waals surface area contributed by atoms with Crippen LogP contribution in [0.25, 0.3) is 10.6 Å². The number of aliphatic hydroxyl groups is 1. The number of Topliss-reactive ketones (excluding diaryl/α,β-unsaturated/α-hetero) is 1. The van der Waals surface area contributed by atoms with Gasteiger partial charge < -0.3 is 5.11 Å². The van der Waals surface area contributed by atoms with Gasteiger partial charge in [0.05, 0.1) is 26.7 Å². The molecule has 0 spiro atoms. The van der Waals surface area contributed by atoms with Crippen molar-refractivity contribution >= 4 is 40.9 Å². The molecule has 0 aromatic carbocycles. The van der Waals surface area contributed by atoms with E-state index < -0.39 is 29.9 Å². The Kier molecular flexibility index (Phi) is 7.09. The van der Waals surface area contributed by atoms with Crippen molar-refractivity contribution in [3.05, 3.63) is 50.7 Å². The Balaban J connectivity index is 0.00000289. The first-order valence-electron chi connectivity index (χ1n) is 9.73. The molecule has 0 amide bonds. The number of aromatic nitrogens is 3. The number of carbonyl (C=O) groups is 1. The minimum atomic E-state index is -4.34. The maximum absolute atomic E-state index is 13.1. The van der Waals surface area contributed by atoms with Crippen LogP contribution in [0.5, 0.6) is 0 Å². The molecular weight excluding hydrogens is 483 g/mol. The van der Waals surface area contributed by atoms with Crippen LogP contribution >= 0.6 is 35.1 Å².